The number of hydrogen-bond acceptors (Lipinski definition) is 5. The lowest BCUT2D eigenvalue weighted by Gasteiger charge is -2.13. The van der Waals surface area contributed by atoms with Crippen molar-refractivity contribution >= 4 is 27.6 Å². The molecule has 2 aromatic carbocycles. The molecular weight excluding hydrogens is 561 g/mol. The van der Waals surface area contributed by atoms with Crippen LogP contribution >= 0.6 is 0 Å². The maximum absolute atomic E-state index is 14.8. The van der Waals surface area contributed by atoms with Crippen LogP contribution < -0.4 is 5.32 Å². The van der Waals surface area contributed by atoms with Gasteiger partial charge in [0, 0.05) is 28.5 Å². The molecule has 5 rings (SSSR count). The number of imidazole rings is 1. The Bertz CT molecular complexity index is 1900. The zero-order chi connectivity index (χ0) is 32.1. The van der Waals surface area contributed by atoms with Crippen LogP contribution in [0.25, 0.3) is 50.3 Å². The highest BCUT2D eigenvalue weighted by Crippen LogP contribution is 2.33. The molecule has 0 fully saturated rings. The van der Waals surface area contributed by atoms with Gasteiger partial charge in [-0.1, -0.05) is 45.2 Å². The summed E-state index contributed by atoms with van der Waals surface area (Å²) in [6.07, 6.45) is 10.3. The Morgan fingerprint density at radius 1 is 1.13 bits per heavy atom. The van der Waals surface area contributed by atoms with Crippen LogP contribution in [0.5, 0.6) is 0 Å². The zero-order valence-corrected chi connectivity index (χ0v) is 26.8. The number of aromatic amines is 2. The van der Waals surface area contributed by atoms with Gasteiger partial charge in [-0.15, -0.1) is 0 Å². The summed E-state index contributed by atoms with van der Waals surface area (Å²) in [6.45, 7) is 15.5. The SMILES string of the molecule is C=C/C(=C\C(=C/C)c1ccc2[nH]nc(-c3nc4nccc(-c5cc(F)cc(CCCN(C)C)c5)c4[nH]3)c2c1)NC(=C)CC(C)C. The molecule has 3 aromatic heterocycles. The summed E-state index contributed by atoms with van der Waals surface area (Å²) in [5, 5.41) is 12.1. The number of allylic oxidation sites excluding steroid dienone is 5. The van der Waals surface area contributed by atoms with Crippen LogP contribution in [0.4, 0.5) is 4.39 Å². The number of nitrogens with one attached hydrogen (secondary N) is 3. The largest absolute Gasteiger partial charge is 0.359 e. The first-order chi connectivity index (χ1) is 21.6. The lowest BCUT2D eigenvalue weighted by Crippen LogP contribution is -2.13. The van der Waals surface area contributed by atoms with E-state index in [9.17, 15) is 4.39 Å². The summed E-state index contributed by atoms with van der Waals surface area (Å²) in [6, 6.07) is 13.3. The van der Waals surface area contributed by atoms with E-state index in [-0.39, 0.29) is 5.82 Å². The Hall–Kier alpha value is -4.82. The van der Waals surface area contributed by atoms with Crippen LogP contribution in [-0.4, -0.2) is 50.7 Å². The van der Waals surface area contributed by atoms with Gasteiger partial charge >= 0.3 is 0 Å². The molecule has 0 aliphatic heterocycles. The molecule has 0 bridgehead atoms. The van der Waals surface area contributed by atoms with E-state index in [0.717, 1.165) is 81.4 Å². The van der Waals surface area contributed by atoms with E-state index < -0.39 is 0 Å². The smallest absolute Gasteiger partial charge is 0.178 e. The topological polar surface area (TPSA) is 85.5 Å². The Balaban J connectivity index is 1.49. The summed E-state index contributed by atoms with van der Waals surface area (Å²) in [7, 11) is 4.09. The minimum atomic E-state index is -0.254. The quantitative estimate of drug-likeness (QED) is 0.118. The van der Waals surface area contributed by atoms with E-state index in [1.165, 1.54) is 0 Å². The van der Waals surface area contributed by atoms with Crippen molar-refractivity contribution in [2.24, 2.45) is 5.92 Å². The van der Waals surface area contributed by atoms with Crippen molar-refractivity contribution in [2.45, 2.75) is 40.0 Å². The number of pyridine rings is 1. The minimum Gasteiger partial charge on any atom is -0.359 e. The van der Waals surface area contributed by atoms with Gasteiger partial charge in [0.25, 0.3) is 0 Å². The summed E-state index contributed by atoms with van der Waals surface area (Å²) in [5.74, 6) is 0.843. The average molecular weight is 604 g/mol. The first kappa shape index (κ1) is 31.6. The molecule has 45 heavy (non-hydrogen) atoms. The first-order valence-electron chi connectivity index (χ1n) is 15.4. The van der Waals surface area contributed by atoms with E-state index in [1.807, 2.05) is 33.2 Å². The maximum Gasteiger partial charge on any atom is 0.178 e. The van der Waals surface area contributed by atoms with E-state index in [4.69, 9.17) is 4.98 Å². The van der Waals surface area contributed by atoms with Crippen molar-refractivity contribution in [3.63, 3.8) is 0 Å². The Labute approximate surface area is 264 Å². The highest BCUT2D eigenvalue weighted by molar-refractivity contribution is 5.97. The molecule has 0 saturated carbocycles. The van der Waals surface area contributed by atoms with E-state index >= 15 is 0 Å². The number of benzene rings is 2. The van der Waals surface area contributed by atoms with Crippen LogP contribution in [0, 0.1) is 11.7 Å². The number of H-pyrrole nitrogens is 2. The fraction of sp³-hybridized carbons (Fsp3) is 0.270. The third kappa shape index (κ3) is 7.46. The second-order valence-corrected chi connectivity index (χ2v) is 12.1. The maximum atomic E-state index is 14.8. The molecular formula is C37H42FN7. The Morgan fingerprint density at radius 3 is 2.69 bits per heavy atom. The van der Waals surface area contributed by atoms with Crippen molar-refractivity contribution in [3.05, 3.63) is 108 Å². The number of fused-ring (bicyclic) bond motifs is 2. The van der Waals surface area contributed by atoms with E-state index in [2.05, 4.69) is 87.7 Å². The van der Waals surface area contributed by atoms with Crippen molar-refractivity contribution < 1.29 is 4.39 Å². The van der Waals surface area contributed by atoms with Crippen molar-refractivity contribution in [2.75, 3.05) is 20.6 Å². The van der Waals surface area contributed by atoms with E-state index in [1.54, 1.807) is 24.4 Å². The predicted octanol–water partition coefficient (Wildman–Crippen LogP) is 8.42. The molecule has 5 aromatic rings. The number of hydrogen-bond donors (Lipinski definition) is 3. The molecule has 0 unspecified atom stereocenters. The van der Waals surface area contributed by atoms with Gasteiger partial charge in [0.15, 0.2) is 11.5 Å². The molecule has 0 amide bonds. The summed E-state index contributed by atoms with van der Waals surface area (Å²) in [5.41, 5.74) is 9.37. The van der Waals surface area contributed by atoms with Gasteiger partial charge in [-0.3, -0.25) is 5.10 Å². The molecule has 0 saturated heterocycles. The minimum absolute atomic E-state index is 0.254. The van der Waals surface area contributed by atoms with Crippen LogP contribution in [0.2, 0.25) is 0 Å². The van der Waals surface area contributed by atoms with Gasteiger partial charge in [0.05, 0.1) is 11.0 Å². The van der Waals surface area contributed by atoms with Crippen molar-refractivity contribution in [3.8, 4) is 22.6 Å². The molecule has 0 radical (unpaired) electrons. The van der Waals surface area contributed by atoms with Gasteiger partial charge in [-0.05, 0) is 117 Å². The highest BCUT2D eigenvalue weighted by atomic mass is 19.1. The van der Waals surface area contributed by atoms with Gasteiger partial charge in [0.2, 0.25) is 0 Å². The normalized spacial score (nSPS) is 12.5. The molecule has 7 nitrogen and oxygen atoms in total. The second-order valence-electron chi connectivity index (χ2n) is 12.1. The van der Waals surface area contributed by atoms with Crippen LogP contribution in [0.3, 0.4) is 0 Å². The molecule has 3 heterocycles. The van der Waals surface area contributed by atoms with Crippen molar-refractivity contribution in [1.29, 1.82) is 0 Å². The number of halogens is 1. The Morgan fingerprint density at radius 2 is 1.96 bits per heavy atom. The second kappa shape index (κ2) is 13.9. The zero-order valence-electron chi connectivity index (χ0n) is 26.8. The molecule has 3 N–H and O–H groups in total. The summed E-state index contributed by atoms with van der Waals surface area (Å²) >= 11 is 0. The van der Waals surface area contributed by atoms with Gasteiger partial charge in [0.1, 0.15) is 11.5 Å². The first-order valence-corrected chi connectivity index (χ1v) is 15.4. The standard InChI is InChI=1S/C37H42FN7/c1-8-26(21-30(9-2)40-24(5)17-23(3)4)27-12-13-33-32(22-27)35(44-43-33)37-41-34-31(14-15-39-36(34)42-37)28-18-25(19-29(38)20-28)11-10-16-45(6)7/h8-9,12-15,18-23,40H,2,5,10-11,16-17H2,1,3-4,6-7H3,(H,43,44)(H,39,41,42)/b26-8+,30-21+. The molecule has 0 atom stereocenters. The molecule has 232 valence electrons. The number of nitrogens with zero attached hydrogens (tertiary/aromatic N) is 4. The highest BCUT2D eigenvalue weighted by Gasteiger charge is 2.17. The lowest BCUT2D eigenvalue weighted by molar-refractivity contribution is 0.400. The monoisotopic (exact) mass is 603 g/mol. The van der Waals surface area contributed by atoms with E-state index in [0.29, 0.717) is 23.1 Å². The van der Waals surface area contributed by atoms with Crippen LogP contribution in [-0.2, 0) is 6.42 Å². The number of aromatic nitrogens is 5. The average Bonchev–Trinajstić information content (AvgIpc) is 3.62. The predicted molar refractivity (Wildman–Crippen MR) is 185 cm³/mol. The molecule has 0 aliphatic rings. The van der Waals surface area contributed by atoms with Gasteiger partial charge in [-0.2, -0.15) is 5.10 Å². The number of rotatable bonds is 13. The van der Waals surface area contributed by atoms with Crippen molar-refractivity contribution in [1.82, 2.24) is 35.4 Å². The van der Waals surface area contributed by atoms with Gasteiger partial charge in [-0.25, -0.2) is 14.4 Å². The lowest BCUT2D eigenvalue weighted by atomic mass is 10.0. The third-order valence-electron chi connectivity index (χ3n) is 7.67. The fourth-order valence-corrected chi connectivity index (χ4v) is 5.58. The fourth-order valence-electron chi connectivity index (χ4n) is 5.58. The molecule has 0 aliphatic carbocycles. The summed E-state index contributed by atoms with van der Waals surface area (Å²) in [4.78, 5) is 14.9. The van der Waals surface area contributed by atoms with Gasteiger partial charge < -0.3 is 15.2 Å². The van der Waals surface area contributed by atoms with Crippen LogP contribution in [0.15, 0.2) is 91.4 Å². The third-order valence-corrected chi connectivity index (χ3v) is 7.67. The molecule has 0 spiro atoms. The van der Waals surface area contributed by atoms with Crippen LogP contribution in [0.1, 0.15) is 44.7 Å². The number of aryl methyl sites for hydroxylation is 1. The summed E-state index contributed by atoms with van der Waals surface area (Å²) < 4.78 is 14.8. The Kier molecular flexibility index (Phi) is 9.74. The molecule has 8 heteroatoms.